The number of carbonyl (C=O) groups excluding carboxylic acids is 1. The van der Waals surface area contributed by atoms with E-state index < -0.39 is 0 Å². The summed E-state index contributed by atoms with van der Waals surface area (Å²) in [4.78, 5) is 13.1. The summed E-state index contributed by atoms with van der Waals surface area (Å²) in [5.41, 5.74) is 0.365. The van der Waals surface area contributed by atoms with Crippen molar-refractivity contribution in [2.24, 2.45) is 5.41 Å². The molecule has 13 heavy (non-hydrogen) atoms. The summed E-state index contributed by atoms with van der Waals surface area (Å²) in [6.07, 6.45) is 1.15. The van der Waals surface area contributed by atoms with Crippen molar-refractivity contribution in [1.29, 1.82) is 0 Å². The van der Waals surface area contributed by atoms with E-state index in [1.54, 1.807) is 6.92 Å². The Labute approximate surface area is 82.3 Å². The molecule has 2 nitrogen and oxygen atoms in total. The Morgan fingerprint density at radius 2 is 1.85 bits per heavy atom. The molecular formula is C11H23NO. The number of ketones is 1. The molecule has 0 heterocycles. The van der Waals surface area contributed by atoms with Gasteiger partial charge in [-0.25, -0.2) is 0 Å². The molecule has 78 valence electrons. The molecule has 0 fully saturated rings. The second kappa shape index (κ2) is 5.38. The van der Waals surface area contributed by atoms with Crippen LogP contribution in [-0.4, -0.2) is 30.3 Å². The van der Waals surface area contributed by atoms with Crippen LogP contribution in [0.25, 0.3) is 0 Å². The number of carbonyl (C=O) groups is 1. The molecule has 0 bridgehead atoms. The molecule has 0 amide bonds. The molecule has 0 N–H and O–H groups in total. The fourth-order valence-electron chi connectivity index (χ4n) is 1.16. The molecule has 0 aliphatic carbocycles. The van der Waals surface area contributed by atoms with Crippen molar-refractivity contribution < 1.29 is 4.79 Å². The number of nitrogens with zero attached hydrogens (tertiary/aromatic N) is 1. The molecule has 0 aliphatic heterocycles. The van der Waals surface area contributed by atoms with Gasteiger partial charge < -0.3 is 0 Å². The van der Waals surface area contributed by atoms with Crippen LogP contribution in [-0.2, 0) is 4.79 Å². The lowest BCUT2D eigenvalue weighted by molar-refractivity contribution is -0.118. The minimum Gasteiger partial charge on any atom is -0.299 e. The third-order valence-corrected chi connectivity index (χ3v) is 2.07. The summed E-state index contributed by atoms with van der Waals surface area (Å²) in [6, 6.07) is 0. The number of hydrogen-bond donors (Lipinski definition) is 0. The number of likely N-dealkylation sites (N-methyl/N-ethyl adjacent to an activating group) is 1. The first-order valence-electron chi connectivity index (χ1n) is 5.07. The minimum absolute atomic E-state index is 0.260. The average Bonchev–Trinajstić information content (AvgIpc) is 1.95. The number of rotatable bonds is 5. The molecule has 0 atom stereocenters. The highest BCUT2D eigenvalue weighted by molar-refractivity contribution is 5.77. The van der Waals surface area contributed by atoms with E-state index in [1.807, 2.05) is 0 Å². The summed E-state index contributed by atoms with van der Waals surface area (Å²) < 4.78 is 0. The Bertz CT molecular complexity index is 158. The molecule has 0 aromatic heterocycles. The van der Waals surface area contributed by atoms with Gasteiger partial charge in [-0.15, -0.1) is 0 Å². The zero-order valence-electron chi connectivity index (χ0n) is 9.68. The van der Waals surface area contributed by atoms with Gasteiger partial charge in [-0.3, -0.25) is 9.69 Å². The van der Waals surface area contributed by atoms with Crippen LogP contribution in [0.1, 0.15) is 41.0 Å². The van der Waals surface area contributed by atoms with Gasteiger partial charge in [0.25, 0.3) is 0 Å². The van der Waals surface area contributed by atoms with Gasteiger partial charge in [0.2, 0.25) is 0 Å². The van der Waals surface area contributed by atoms with Gasteiger partial charge in [0.1, 0.15) is 5.78 Å². The maximum Gasteiger partial charge on any atom is 0.143 e. The summed E-state index contributed by atoms with van der Waals surface area (Å²) >= 11 is 0. The van der Waals surface area contributed by atoms with Crippen LogP contribution in [0.4, 0.5) is 0 Å². The Balaban J connectivity index is 3.79. The van der Waals surface area contributed by atoms with E-state index in [0.29, 0.717) is 12.0 Å². The summed E-state index contributed by atoms with van der Waals surface area (Å²) in [5, 5.41) is 0. The third-order valence-electron chi connectivity index (χ3n) is 2.07. The van der Waals surface area contributed by atoms with E-state index in [0.717, 1.165) is 19.5 Å². The van der Waals surface area contributed by atoms with Gasteiger partial charge >= 0.3 is 0 Å². The Morgan fingerprint density at radius 3 is 2.15 bits per heavy atom. The lowest BCUT2D eigenvalue weighted by atomic mass is 9.92. The van der Waals surface area contributed by atoms with Gasteiger partial charge in [-0.2, -0.15) is 0 Å². The van der Waals surface area contributed by atoms with Gasteiger partial charge in [0.15, 0.2) is 0 Å². The summed E-state index contributed by atoms with van der Waals surface area (Å²) in [6.45, 7) is 13.0. The van der Waals surface area contributed by atoms with Gasteiger partial charge in [0.05, 0.1) is 6.54 Å². The molecular weight excluding hydrogens is 162 g/mol. The summed E-state index contributed by atoms with van der Waals surface area (Å²) in [5.74, 6) is 0.260. The first-order valence-corrected chi connectivity index (χ1v) is 5.07. The quantitative estimate of drug-likeness (QED) is 0.655. The minimum atomic E-state index is 0.260. The molecule has 0 rings (SSSR count). The van der Waals surface area contributed by atoms with Crippen LogP contribution in [0.5, 0.6) is 0 Å². The fraction of sp³-hybridized carbons (Fsp3) is 0.909. The van der Waals surface area contributed by atoms with Crippen molar-refractivity contribution in [3.05, 3.63) is 0 Å². The van der Waals surface area contributed by atoms with E-state index in [4.69, 9.17) is 0 Å². The lowest BCUT2D eigenvalue weighted by Crippen LogP contribution is -2.31. The summed E-state index contributed by atoms with van der Waals surface area (Å²) in [7, 11) is 0. The normalized spacial score (nSPS) is 12.2. The first-order chi connectivity index (χ1) is 5.85. The topological polar surface area (TPSA) is 20.3 Å². The second-order valence-corrected chi connectivity index (χ2v) is 4.88. The van der Waals surface area contributed by atoms with Gasteiger partial charge in [-0.1, -0.05) is 27.7 Å². The van der Waals surface area contributed by atoms with E-state index in [2.05, 4.69) is 32.6 Å². The molecule has 0 aliphatic rings. The zero-order chi connectivity index (χ0) is 10.5. The van der Waals surface area contributed by atoms with Crippen molar-refractivity contribution in [2.45, 2.75) is 41.0 Å². The van der Waals surface area contributed by atoms with Crippen molar-refractivity contribution in [3.63, 3.8) is 0 Å². The third kappa shape index (κ3) is 7.97. The van der Waals surface area contributed by atoms with E-state index in [9.17, 15) is 4.79 Å². The van der Waals surface area contributed by atoms with Crippen LogP contribution in [0.15, 0.2) is 0 Å². The van der Waals surface area contributed by atoms with Crippen LogP contribution in [0.2, 0.25) is 0 Å². The Morgan fingerprint density at radius 1 is 1.31 bits per heavy atom. The Hall–Kier alpha value is -0.370. The van der Waals surface area contributed by atoms with Crippen LogP contribution in [0.3, 0.4) is 0 Å². The molecule has 0 saturated carbocycles. The molecule has 0 spiro atoms. The van der Waals surface area contributed by atoms with Crippen LogP contribution < -0.4 is 0 Å². The highest BCUT2D eigenvalue weighted by atomic mass is 16.1. The number of Topliss-reactive ketones (excluding diaryl/α,β-unsaturated/α-hetero) is 1. The van der Waals surface area contributed by atoms with Gasteiger partial charge in [0, 0.05) is 0 Å². The van der Waals surface area contributed by atoms with Crippen molar-refractivity contribution in [1.82, 2.24) is 4.90 Å². The maximum absolute atomic E-state index is 10.9. The monoisotopic (exact) mass is 185 g/mol. The molecule has 0 saturated heterocycles. The maximum atomic E-state index is 10.9. The van der Waals surface area contributed by atoms with Crippen molar-refractivity contribution >= 4 is 5.78 Å². The molecule has 0 unspecified atom stereocenters. The molecule has 2 heteroatoms. The average molecular weight is 185 g/mol. The molecule has 0 aromatic carbocycles. The van der Waals surface area contributed by atoms with Crippen LogP contribution in [0, 0.1) is 5.41 Å². The Kier molecular flexibility index (Phi) is 5.23. The van der Waals surface area contributed by atoms with E-state index >= 15 is 0 Å². The fourth-order valence-corrected chi connectivity index (χ4v) is 1.16. The van der Waals surface area contributed by atoms with Gasteiger partial charge in [-0.05, 0) is 31.8 Å². The predicted molar refractivity (Wildman–Crippen MR) is 56.9 cm³/mol. The van der Waals surface area contributed by atoms with Crippen molar-refractivity contribution in [3.8, 4) is 0 Å². The zero-order valence-corrected chi connectivity index (χ0v) is 9.68. The predicted octanol–water partition coefficient (Wildman–Crippen LogP) is 2.33. The molecule has 0 radical (unpaired) electrons. The van der Waals surface area contributed by atoms with Crippen LogP contribution >= 0.6 is 0 Å². The number of hydrogen-bond acceptors (Lipinski definition) is 2. The highest BCUT2D eigenvalue weighted by Gasteiger charge is 2.12. The second-order valence-electron chi connectivity index (χ2n) is 4.88. The smallest absolute Gasteiger partial charge is 0.143 e. The standard InChI is InChI=1S/C11H23NO/c1-6-12(9-10(2)13)8-7-11(3,4)5/h6-9H2,1-5H3. The largest absolute Gasteiger partial charge is 0.299 e. The lowest BCUT2D eigenvalue weighted by Gasteiger charge is -2.24. The SMILES string of the molecule is CCN(CCC(C)(C)C)CC(C)=O. The van der Waals surface area contributed by atoms with E-state index in [-0.39, 0.29) is 5.78 Å². The molecule has 0 aromatic rings. The first kappa shape index (κ1) is 12.6. The van der Waals surface area contributed by atoms with E-state index in [1.165, 1.54) is 0 Å². The highest BCUT2D eigenvalue weighted by Crippen LogP contribution is 2.18. The van der Waals surface area contributed by atoms with Crippen molar-refractivity contribution in [2.75, 3.05) is 19.6 Å².